The maximum atomic E-state index is 11.7. The predicted octanol–water partition coefficient (Wildman–Crippen LogP) is 1.83. The zero-order valence-electron chi connectivity index (χ0n) is 10.4. The van der Waals surface area contributed by atoms with Gasteiger partial charge in [-0.15, -0.1) is 0 Å². The lowest BCUT2D eigenvalue weighted by molar-refractivity contribution is -0.137. The number of carboxylic acid groups (broad SMARTS) is 1. The van der Waals surface area contributed by atoms with Crippen molar-refractivity contribution in [3.63, 3.8) is 0 Å². The molecule has 0 saturated heterocycles. The standard InChI is InChI=1S/C12H22N2O3/c1-2-14(10-7-8-10)12(17)13-9-5-3-4-6-11(15)16/h10H,2-9H2,1H3,(H,13,17)(H,15,16). The summed E-state index contributed by atoms with van der Waals surface area (Å²) in [6.07, 6.45) is 4.85. The number of hydrogen-bond donors (Lipinski definition) is 2. The number of unbranched alkanes of at least 4 members (excludes halogenated alkanes) is 2. The van der Waals surface area contributed by atoms with Crippen molar-refractivity contribution in [1.82, 2.24) is 10.2 Å². The lowest BCUT2D eigenvalue weighted by Gasteiger charge is -2.20. The number of aliphatic carboxylic acids is 1. The Kier molecular flexibility index (Phi) is 5.80. The van der Waals surface area contributed by atoms with Crippen molar-refractivity contribution < 1.29 is 14.7 Å². The molecule has 1 rings (SSSR count). The van der Waals surface area contributed by atoms with Crippen LogP contribution in [0.25, 0.3) is 0 Å². The fraction of sp³-hybridized carbons (Fsp3) is 0.833. The van der Waals surface area contributed by atoms with Gasteiger partial charge in [-0.3, -0.25) is 4.79 Å². The molecule has 2 N–H and O–H groups in total. The SMILES string of the molecule is CCN(C(=O)NCCCCCC(=O)O)C1CC1. The van der Waals surface area contributed by atoms with Gasteiger partial charge >= 0.3 is 12.0 Å². The van der Waals surface area contributed by atoms with Crippen LogP contribution < -0.4 is 5.32 Å². The van der Waals surface area contributed by atoms with E-state index in [-0.39, 0.29) is 12.5 Å². The first-order chi connectivity index (χ1) is 8.15. The van der Waals surface area contributed by atoms with Crippen molar-refractivity contribution in [3.05, 3.63) is 0 Å². The molecule has 0 heterocycles. The van der Waals surface area contributed by atoms with Crippen LogP contribution in [0.3, 0.4) is 0 Å². The summed E-state index contributed by atoms with van der Waals surface area (Å²) in [6, 6.07) is 0.472. The summed E-state index contributed by atoms with van der Waals surface area (Å²) in [4.78, 5) is 23.9. The molecule has 5 heteroatoms. The second-order valence-corrected chi connectivity index (χ2v) is 4.45. The molecule has 0 aromatic heterocycles. The molecule has 0 radical (unpaired) electrons. The number of nitrogens with zero attached hydrogens (tertiary/aromatic N) is 1. The number of hydrogen-bond acceptors (Lipinski definition) is 2. The Morgan fingerprint density at radius 3 is 2.53 bits per heavy atom. The molecule has 5 nitrogen and oxygen atoms in total. The van der Waals surface area contributed by atoms with Crippen molar-refractivity contribution >= 4 is 12.0 Å². The van der Waals surface area contributed by atoms with Gasteiger partial charge in [0, 0.05) is 25.6 Å². The van der Waals surface area contributed by atoms with Crippen LogP contribution in [0.1, 0.15) is 45.4 Å². The summed E-state index contributed by atoms with van der Waals surface area (Å²) in [5, 5.41) is 11.3. The van der Waals surface area contributed by atoms with Crippen LogP contribution in [0.5, 0.6) is 0 Å². The fourth-order valence-corrected chi connectivity index (χ4v) is 1.83. The van der Waals surface area contributed by atoms with Gasteiger partial charge in [-0.2, -0.15) is 0 Å². The van der Waals surface area contributed by atoms with Gasteiger partial charge in [-0.1, -0.05) is 6.42 Å². The zero-order valence-corrected chi connectivity index (χ0v) is 10.4. The van der Waals surface area contributed by atoms with E-state index in [1.165, 1.54) is 0 Å². The number of carbonyl (C=O) groups excluding carboxylic acids is 1. The highest BCUT2D eigenvalue weighted by Gasteiger charge is 2.30. The Balaban J connectivity index is 2.01. The van der Waals surface area contributed by atoms with Crippen molar-refractivity contribution in [3.8, 4) is 0 Å². The summed E-state index contributed by atoms with van der Waals surface area (Å²) in [5.74, 6) is -0.750. The number of carboxylic acids is 1. The lowest BCUT2D eigenvalue weighted by atomic mass is 10.2. The third kappa shape index (κ3) is 5.56. The Morgan fingerprint density at radius 2 is 2.00 bits per heavy atom. The van der Waals surface area contributed by atoms with E-state index in [4.69, 9.17) is 5.11 Å². The maximum Gasteiger partial charge on any atom is 0.317 e. The van der Waals surface area contributed by atoms with Gasteiger partial charge in [0.1, 0.15) is 0 Å². The molecule has 0 spiro atoms. The number of carbonyl (C=O) groups is 2. The largest absolute Gasteiger partial charge is 0.481 e. The Labute approximate surface area is 102 Å². The van der Waals surface area contributed by atoms with Gasteiger partial charge in [-0.05, 0) is 32.6 Å². The van der Waals surface area contributed by atoms with E-state index >= 15 is 0 Å². The minimum Gasteiger partial charge on any atom is -0.481 e. The molecule has 1 aliphatic rings. The Bertz CT molecular complexity index is 264. The third-order valence-corrected chi connectivity index (χ3v) is 2.93. The van der Waals surface area contributed by atoms with Crippen molar-refractivity contribution in [1.29, 1.82) is 0 Å². The fourth-order valence-electron chi connectivity index (χ4n) is 1.83. The second kappa shape index (κ2) is 7.14. The van der Waals surface area contributed by atoms with Gasteiger partial charge in [0.25, 0.3) is 0 Å². The molecular weight excluding hydrogens is 220 g/mol. The first kappa shape index (κ1) is 13.8. The predicted molar refractivity (Wildman–Crippen MR) is 64.9 cm³/mol. The highest BCUT2D eigenvalue weighted by molar-refractivity contribution is 5.74. The van der Waals surface area contributed by atoms with E-state index in [9.17, 15) is 9.59 Å². The molecule has 98 valence electrons. The van der Waals surface area contributed by atoms with Gasteiger partial charge in [-0.25, -0.2) is 4.79 Å². The van der Waals surface area contributed by atoms with Crippen LogP contribution in [-0.4, -0.2) is 41.1 Å². The average molecular weight is 242 g/mol. The summed E-state index contributed by atoms with van der Waals surface area (Å²) < 4.78 is 0. The molecular formula is C12H22N2O3. The molecule has 0 unspecified atom stereocenters. The molecule has 0 aromatic rings. The van der Waals surface area contributed by atoms with Crippen molar-refractivity contribution in [2.24, 2.45) is 0 Å². The highest BCUT2D eigenvalue weighted by atomic mass is 16.4. The summed E-state index contributed by atoms with van der Waals surface area (Å²) in [7, 11) is 0. The van der Waals surface area contributed by atoms with Crippen LogP contribution >= 0.6 is 0 Å². The normalized spacial score (nSPS) is 14.4. The summed E-state index contributed by atoms with van der Waals surface area (Å²) in [6.45, 7) is 3.39. The van der Waals surface area contributed by atoms with Gasteiger partial charge < -0.3 is 15.3 Å². The molecule has 0 aromatic carbocycles. The van der Waals surface area contributed by atoms with E-state index < -0.39 is 5.97 Å². The first-order valence-electron chi connectivity index (χ1n) is 6.41. The molecule has 0 atom stereocenters. The number of amides is 2. The number of rotatable bonds is 8. The van der Waals surface area contributed by atoms with E-state index in [2.05, 4.69) is 5.32 Å². The minimum absolute atomic E-state index is 0.0215. The van der Waals surface area contributed by atoms with Crippen molar-refractivity contribution in [2.75, 3.05) is 13.1 Å². The highest BCUT2D eigenvalue weighted by Crippen LogP contribution is 2.26. The summed E-state index contributed by atoms with van der Waals surface area (Å²) >= 11 is 0. The molecule has 1 saturated carbocycles. The smallest absolute Gasteiger partial charge is 0.317 e. The number of urea groups is 1. The average Bonchev–Trinajstić information content (AvgIpc) is 3.08. The van der Waals surface area contributed by atoms with Crippen LogP contribution in [0.4, 0.5) is 4.79 Å². The Morgan fingerprint density at radius 1 is 1.29 bits per heavy atom. The number of nitrogens with one attached hydrogen (secondary N) is 1. The van der Waals surface area contributed by atoms with E-state index in [1.807, 2.05) is 11.8 Å². The van der Waals surface area contributed by atoms with E-state index in [1.54, 1.807) is 0 Å². The topological polar surface area (TPSA) is 69.6 Å². The van der Waals surface area contributed by atoms with Crippen molar-refractivity contribution in [2.45, 2.75) is 51.5 Å². The van der Waals surface area contributed by atoms with Crippen LogP contribution in [-0.2, 0) is 4.79 Å². The molecule has 0 aliphatic heterocycles. The van der Waals surface area contributed by atoms with E-state index in [0.29, 0.717) is 19.0 Å². The lowest BCUT2D eigenvalue weighted by Crippen LogP contribution is -2.41. The third-order valence-electron chi connectivity index (χ3n) is 2.93. The second-order valence-electron chi connectivity index (χ2n) is 4.45. The quantitative estimate of drug-likeness (QED) is 0.638. The zero-order chi connectivity index (χ0) is 12.7. The first-order valence-corrected chi connectivity index (χ1v) is 6.41. The van der Waals surface area contributed by atoms with Crippen LogP contribution in [0.2, 0.25) is 0 Å². The van der Waals surface area contributed by atoms with Gasteiger partial charge in [0.15, 0.2) is 0 Å². The Hall–Kier alpha value is -1.26. The van der Waals surface area contributed by atoms with E-state index in [0.717, 1.165) is 32.2 Å². The summed E-state index contributed by atoms with van der Waals surface area (Å²) in [5.41, 5.74) is 0. The maximum absolute atomic E-state index is 11.7. The molecule has 1 aliphatic carbocycles. The molecule has 2 amide bonds. The van der Waals surface area contributed by atoms with Crippen LogP contribution in [0, 0.1) is 0 Å². The molecule has 17 heavy (non-hydrogen) atoms. The molecule has 1 fully saturated rings. The van der Waals surface area contributed by atoms with Crippen LogP contribution in [0.15, 0.2) is 0 Å². The minimum atomic E-state index is -0.750. The monoisotopic (exact) mass is 242 g/mol. The molecule has 0 bridgehead atoms. The van der Waals surface area contributed by atoms with Gasteiger partial charge in [0.05, 0.1) is 0 Å². The van der Waals surface area contributed by atoms with Gasteiger partial charge in [0.2, 0.25) is 0 Å².